The van der Waals surface area contributed by atoms with Crippen LogP contribution in [0.4, 0.5) is 22.7 Å². The van der Waals surface area contributed by atoms with E-state index in [2.05, 4.69) is 20.8 Å². The molecule has 0 fully saturated rings. The number of anilines is 1. The lowest BCUT2D eigenvalue weighted by molar-refractivity contribution is -0.394. The highest BCUT2D eigenvalue weighted by Crippen LogP contribution is 2.26. The molecule has 3 rings (SSSR count). The Morgan fingerprint density at radius 1 is 0.828 bits per heavy atom. The normalized spacial score (nSPS) is 11.4. The predicted molar refractivity (Wildman–Crippen MR) is 107 cm³/mol. The number of nitro benzene ring substituents is 2. The molecule has 10 heteroatoms. The first-order chi connectivity index (χ1) is 14.0. The maximum absolute atomic E-state index is 11.5. The van der Waals surface area contributed by atoms with Crippen molar-refractivity contribution in [3.05, 3.63) is 105 Å². The molecule has 1 N–H and O–H groups in total. The first-order valence-corrected chi connectivity index (χ1v) is 8.33. The van der Waals surface area contributed by atoms with Crippen LogP contribution in [0.5, 0.6) is 0 Å². The van der Waals surface area contributed by atoms with E-state index in [1.54, 1.807) is 48.5 Å². The van der Waals surface area contributed by atoms with Crippen LogP contribution in [0.2, 0.25) is 0 Å². The molecule has 3 aromatic carbocycles. The van der Waals surface area contributed by atoms with Gasteiger partial charge in [0.25, 0.3) is 11.4 Å². The fourth-order valence-corrected chi connectivity index (χ4v) is 2.34. The summed E-state index contributed by atoms with van der Waals surface area (Å²) in [6.45, 7) is 0. The smallest absolute Gasteiger partial charge is 0.276 e. The summed E-state index contributed by atoms with van der Waals surface area (Å²) >= 11 is 0. The molecule has 0 saturated carbocycles. The number of para-hydroxylation sites is 1. The molecule has 3 aromatic rings. The van der Waals surface area contributed by atoms with Gasteiger partial charge in [-0.25, -0.2) is 0 Å². The van der Waals surface area contributed by atoms with E-state index in [-0.39, 0.29) is 11.4 Å². The molecule has 0 aliphatic carbocycles. The molecule has 0 unspecified atom stereocenters. The highest BCUT2D eigenvalue weighted by molar-refractivity contribution is 6.03. The summed E-state index contributed by atoms with van der Waals surface area (Å²) < 4.78 is 0. The van der Waals surface area contributed by atoms with Crippen LogP contribution in [0.3, 0.4) is 0 Å². The molecule has 0 aliphatic rings. The number of nitro groups is 2. The van der Waals surface area contributed by atoms with Crippen LogP contribution >= 0.6 is 0 Å². The van der Waals surface area contributed by atoms with Gasteiger partial charge in [-0.1, -0.05) is 36.4 Å². The van der Waals surface area contributed by atoms with Crippen molar-refractivity contribution in [1.29, 1.82) is 0 Å². The lowest BCUT2D eigenvalue weighted by atomic mass is 10.1. The number of hydrogen-bond donors (Lipinski definition) is 1. The van der Waals surface area contributed by atoms with E-state index in [9.17, 15) is 20.2 Å². The standard InChI is InChI=1S/C19H14N6O4/c26-24(27)16-11-12-17(18(13-16)25(28)29)19(22-20-14-7-3-1-4-8-14)23-21-15-9-5-2-6-10-15/h1-13,20H/b22-19+,23-21+. The van der Waals surface area contributed by atoms with Gasteiger partial charge in [-0.2, -0.15) is 5.10 Å². The molecule has 0 aromatic heterocycles. The zero-order chi connectivity index (χ0) is 20.6. The topological polar surface area (TPSA) is 135 Å². The fraction of sp³-hybridized carbons (Fsp3) is 0. The maximum atomic E-state index is 11.5. The largest absolute Gasteiger partial charge is 0.287 e. The highest BCUT2D eigenvalue weighted by Gasteiger charge is 2.23. The molecule has 144 valence electrons. The zero-order valence-corrected chi connectivity index (χ0v) is 14.9. The molecule has 0 radical (unpaired) electrons. The van der Waals surface area contributed by atoms with Crippen molar-refractivity contribution in [3.8, 4) is 0 Å². The van der Waals surface area contributed by atoms with E-state index in [1.165, 1.54) is 6.07 Å². The van der Waals surface area contributed by atoms with Crippen molar-refractivity contribution in [1.82, 2.24) is 0 Å². The lowest BCUT2D eigenvalue weighted by Crippen LogP contribution is -2.06. The minimum Gasteiger partial charge on any atom is -0.276 e. The second kappa shape index (κ2) is 8.95. The van der Waals surface area contributed by atoms with Crippen LogP contribution in [0.25, 0.3) is 0 Å². The average Bonchev–Trinajstić information content (AvgIpc) is 2.75. The van der Waals surface area contributed by atoms with Crippen LogP contribution in [0.1, 0.15) is 5.56 Å². The Balaban J connectivity index is 2.05. The summed E-state index contributed by atoms with van der Waals surface area (Å²) in [5, 5.41) is 34.7. The summed E-state index contributed by atoms with van der Waals surface area (Å²) in [5.41, 5.74) is 2.99. The van der Waals surface area contributed by atoms with Gasteiger partial charge < -0.3 is 0 Å². The average molecular weight is 390 g/mol. The van der Waals surface area contributed by atoms with Gasteiger partial charge in [0.1, 0.15) is 5.56 Å². The lowest BCUT2D eigenvalue weighted by Gasteiger charge is -2.04. The molecule has 0 spiro atoms. The van der Waals surface area contributed by atoms with Crippen molar-refractivity contribution in [2.45, 2.75) is 0 Å². The number of hydrazone groups is 1. The van der Waals surface area contributed by atoms with E-state index in [4.69, 9.17) is 0 Å². The Morgan fingerprint density at radius 3 is 2.10 bits per heavy atom. The minimum absolute atomic E-state index is 0.0105. The summed E-state index contributed by atoms with van der Waals surface area (Å²) in [6.07, 6.45) is 0. The van der Waals surface area contributed by atoms with Crippen LogP contribution in [0.15, 0.2) is 94.2 Å². The molecule has 29 heavy (non-hydrogen) atoms. The minimum atomic E-state index is -0.724. The summed E-state index contributed by atoms with van der Waals surface area (Å²) in [5.74, 6) is -0.0979. The van der Waals surface area contributed by atoms with Crippen molar-refractivity contribution in [3.63, 3.8) is 0 Å². The quantitative estimate of drug-likeness (QED) is 0.206. The number of nitrogens with zero attached hydrogens (tertiary/aromatic N) is 5. The van der Waals surface area contributed by atoms with Crippen LogP contribution in [-0.2, 0) is 0 Å². The molecule has 0 saturated heterocycles. The summed E-state index contributed by atoms with van der Waals surface area (Å²) in [7, 11) is 0. The molecular weight excluding hydrogens is 376 g/mol. The maximum Gasteiger partial charge on any atom is 0.287 e. The Bertz CT molecular complexity index is 1080. The van der Waals surface area contributed by atoms with Gasteiger partial charge in [0, 0.05) is 6.07 Å². The zero-order valence-electron chi connectivity index (χ0n) is 14.9. The SMILES string of the molecule is O=[N+]([O-])c1ccc(C(/N=N/c2ccccc2)=N\Nc2ccccc2)c([N+](=O)[O-])c1. The number of non-ortho nitro benzene ring substituents is 1. The van der Waals surface area contributed by atoms with Crippen molar-refractivity contribution in [2.24, 2.45) is 15.3 Å². The Labute approximate surface area is 164 Å². The number of benzene rings is 3. The van der Waals surface area contributed by atoms with E-state index in [1.807, 2.05) is 12.1 Å². The third-order valence-electron chi connectivity index (χ3n) is 3.71. The van der Waals surface area contributed by atoms with Gasteiger partial charge in [-0.3, -0.25) is 25.7 Å². The summed E-state index contributed by atoms with van der Waals surface area (Å²) in [6, 6.07) is 20.9. The van der Waals surface area contributed by atoms with Gasteiger partial charge in [0.05, 0.1) is 27.3 Å². The Morgan fingerprint density at radius 2 is 1.48 bits per heavy atom. The number of hydrogen-bond acceptors (Lipinski definition) is 7. The van der Waals surface area contributed by atoms with Gasteiger partial charge >= 0.3 is 0 Å². The van der Waals surface area contributed by atoms with Gasteiger partial charge in [-0.05, 0) is 30.3 Å². The van der Waals surface area contributed by atoms with Gasteiger partial charge in [0.15, 0.2) is 0 Å². The first kappa shape index (κ1) is 19.3. The van der Waals surface area contributed by atoms with Gasteiger partial charge in [-0.15, -0.1) is 10.2 Å². The number of rotatable bonds is 6. The van der Waals surface area contributed by atoms with Crippen LogP contribution < -0.4 is 5.43 Å². The number of nitrogens with one attached hydrogen (secondary N) is 1. The van der Waals surface area contributed by atoms with E-state index in [0.29, 0.717) is 11.4 Å². The predicted octanol–water partition coefficient (Wildman–Crippen LogP) is 5.06. The third-order valence-corrected chi connectivity index (χ3v) is 3.71. The van der Waals surface area contributed by atoms with E-state index >= 15 is 0 Å². The van der Waals surface area contributed by atoms with Crippen molar-refractivity contribution in [2.75, 3.05) is 5.43 Å². The fourth-order valence-electron chi connectivity index (χ4n) is 2.34. The second-order valence-electron chi connectivity index (χ2n) is 5.66. The number of azo groups is 1. The molecular formula is C19H14N6O4. The Kier molecular flexibility index (Phi) is 5.96. The molecule has 0 aliphatic heterocycles. The summed E-state index contributed by atoms with van der Waals surface area (Å²) in [4.78, 5) is 21.0. The molecule has 0 amide bonds. The molecule has 0 heterocycles. The molecule has 0 bridgehead atoms. The third kappa shape index (κ3) is 5.04. The van der Waals surface area contributed by atoms with E-state index < -0.39 is 21.2 Å². The second-order valence-corrected chi connectivity index (χ2v) is 5.66. The van der Waals surface area contributed by atoms with Crippen LogP contribution in [0, 0.1) is 20.2 Å². The molecule has 10 nitrogen and oxygen atoms in total. The van der Waals surface area contributed by atoms with Gasteiger partial charge in [0.2, 0.25) is 5.84 Å². The monoisotopic (exact) mass is 390 g/mol. The van der Waals surface area contributed by atoms with Crippen molar-refractivity contribution >= 4 is 28.6 Å². The molecule has 0 atom stereocenters. The van der Waals surface area contributed by atoms with Crippen molar-refractivity contribution < 1.29 is 9.85 Å². The highest BCUT2D eigenvalue weighted by atomic mass is 16.6. The van der Waals surface area contributed by atoms with Crippen LogP contribution in [-0.4, -0.2) is 15.7 Å². The Hall–Kier alpha value is -4.47. The number of amidine groups is 1. The first-order valence-electron chi connectivity index (χ1n) is 8.33. The van der Waals surface area contributed by atoms with E-state index in [0.717, 1.165) is 12.1 Å².